The molecule has 0 bridgehead atoms. The van der Waals surface area contributed by atoms with E-state index >= 15 is 0 Å². The molecule has 0 aliphatic rings. The average molecular weight is 290 g/mol. The van der Waals surface area contributed by atoms with Crippen LogP contribution in [0.1, 0.15) is 18.9 Å². The third-order valence-corrected chi connectivity index (χ3v) is 4.18. The van der Waals surface area contributed by atoms with Gasteiger partial charge >= 0.3 is 0 Å². The number of hydrogen-bond acceptors (Lipinski definition) is 2. The maximum Gasteiger partial charge on any atom is 0.0709 e. The summed E-state index contributed by atoms with van der Waals surface area (Å²) in [5.41, 5.74) is 4.66. The van der Waals surface area contributed by atoms with Gasteiger partial charge in [-0.1, -0.05) is 42.5 Å². The van der Waals surface area contributed by atoms with Gasteiger partial charge in [-0.2, -0.15) is 0 Å². The van der Waals surface area contributed by atoms with E-state index in [1.165, 1.54) is 16.5 Å². The van der Waals surface area contributed by atoms with Gasteiger partial charge in [0, 0.05) is 17.0 Å². The van der Waals surface area contributed by atoms with Crippen LogP contribution in [-0.2, 0) is 6.42 Å². The van der Waals surface area contributed by atoms with Crippen LogP contribution in [-0.4, -0.2) is 18.1 Å². The molecule has 0 amide bonds. The second kappa shape index (κ2) is 6.71. The molecule has 3 rings (SSSR count). The molecular formula is C20H22N2. The molecule has 2 heteroatoms. The molecule has 0 aliphatic heterocycles. The molecule has 3 aromatic rings. The number of nitrogens with zero attached hydrogens (tertiary/aromatic N) is 1. The van der Waals surface area contributed by atoms with Crippen LogP contribution in [0.5, 0.6) is 0 Å². The number of hydrogen-bond donors (Lipinski definition) is 1. The normalized spacial score (nSPS) is 12.5. The van der Waals surface area contributed by atoms with Gasteiger partial charge in [0.25, 0.3) is 0 Å². The Morgan fingerprint density at radius 2 is 1.86 bits per heavy atom. The Morgan fingerprint density at radius 3 is 2.73 bits per heavy atom. The van der Waals surface area contributed by atoms with Crippen LogP contribution in [0.3, 0.4) is 0 Å². The van der Waals surface area contributed by atoms with Crippen LogP contribution in [0, 0.1) is 0 Å². The molecular weight excluding hydrogens is 268 g/mol. The summed E-state index contributed by atoms with van der Waals surface area (Å²) >= 11 is 0. The average Bonchev–Trinajstić information content (AvgIpc) is 2.59. The van der Waals surface area contributed by atoms with E-state index in [9.17, 15) is 0 Å². The Hall–Kier alpha value is -2.19. The number of nitrogens with one attached hydrogen (secondary N) is 1. The summed E-state index contributed by atoms with van der Waals surface area (Å²) in [6.45, 7) is 2.22. The number of para-hydroxylation sites is 1. The topological polar surface area (TPSA) is 24.9 Å². The van der Waals surface area contributed by atoms with Gasteiger partial charge in [-0.3, -0.25) is 0 Å². The summed E-state index contributed by atoms with van der Waals surface area (Å²) in [4.78, 5) is 4.79. The number of benzene rings is 2. The first-order valence-electron chi connectivity index (χ1n) is 7.88. The smallest absolute Gasteiger partial charge is 0.0709 e. The maximum atomic E-state index is 4.79. The van der Waals surface area contributed by atoms with E-state index in [0.29, 0.717) is 6.04 Å². The van der Waals surface area contributed by atoms with Gasteiger partial charge in [-0.25, -0.2) is 4.98 Å². The first kappa shape index (κ1) is 14.7. The van der Waals surface area contributed by atoms with Crippen molar-refractivity contribution in [2.24, 2.45) is 0 Å². The third kappa shape index (κ3) is 3.34. The molecule has 1 unspecified atom stereocenters. The third-order valence-electron chi connectivity index (χ3n) is 4.18. The second-order valence-corrected chi connectivity index (χ2v) is 5.82. The molecule has 0 saturated carbocycles. The first-order chi connectivity index (χ1) is 10.8. The van der Waals surface area contributed by atoms with Crippen molar-refractivity contribution in [1.29, 1.82) is 0 Å². The number of fused-ring (bicyclic) bond motifs is 1. The number of aromatic nitrogens is 1. The molecule has 1 aromatic heterocycles. The molecule has 0 radical (unpaired) electrons. The summed E-state index contributed by atoms with van der Waals surface area (Å²) < 4.78 is 0. The molecule has 112 valence electrons. The van der Waals surface area contributed by atoms with Gasteiger partial charge in [0.1, 0.15) is 0 Å². The lowest BCUT2D eigenvalue weighted by atomic mass is 10.0. The molecule has 1 N–H and O–H groups in total. The van der Waals surface area contributed by atoms with Crippen molar-refractivity contribution < 1.29 is 0 Å². The van der Waals surface area contributed by atoms with Crippen molar-refractivity contribution in [2.45, 2.75) is 25.8 Å². The zero-order chi connectivity index (χ0) is 15.4. The molecule has 0 spiro atoms. The zero-order valence-electron chi connectivity index (χ0n) is 13.2. The summed E-state index contributed by atoms with van der Waals surface area (Å²) in [5.74, 6) is 0. The lowest BCUT2D eigenvalue weighted by Crippen LogP contribution is -2.21. The van der Waals surface area contributed by atoms with Crippen LogP contribution in [0.15, 0.2) is 60.7 Å². The van der Waals surface area contributed by atoms with Crippen molar-refractivity contribution in [3.63, 3.8) is 0 Å². The highest BCUT2D eigenvalue weighted by molar-refractivity contribution is 5.81. The minimum absolute atomic E-state index is 0.544. The Morgan fingerprint density at radius 1 is 1.00 bits per heavy atom. The highest BCUT2D eigenvalue weighted by Gasteiger charge is 2.04. The molecule has 0 fully saturated rings. The fraction of sp³-hybridized carbons (Fsp3) is 0.250. The fourth-order valence-electron chi connectivity index (χ4n) is 2.64. The van der Waals surface area contributed by atoms with Crippen molar-refractivity contribution in [3.05, 3.63) is 66.2 Å². The number of rotatable bonds is 5. The summed E-state index contributed by atoms with van der Waals surface area (Å²) in [5, 5.41) is 4.47. The molecule has 22 heavy (non-hydrogen) atoms. The fourth-order valence-corrected chi connectivity index (χ4v) is 2.64. The predicted molar refractivity (Wildman–Crippen MR) is 94.0 cm³/mol. The Kier molecular flexibility index (Phi) is 4.50. The Labute approximate surface area is 132 Å². The van der Waals surface area contributed by atoms with E-state index in [2.05, 4.69) is 60.8 Å². The Balaban J connectivity index is 1.86. The quantitative estimate of drug-likeness (QED) is 0.751. The van der Waals surface area contributed by atoms with E-state index < -0.39 is 0 Å². The van der Waals surface area contributed by atoms with Crippen LogP contribution in [0.4, 0.5) is 0 Å². The molecule has 2 aromatic carbocycles. The SMILES string of the molecule is CNC(C)CCc1cccc(-c2ccc3ccccc3n2)c1. The summed E-state index contributed by atoms with van der Waals surface area (Å²) in [6.07, 6.45) is 2.23. The lowest BCUT2D eigenvalue weighted by molar-refractivity contribution is 0.565. The Bertz CT molecular complexity index is 764. The standard InChI is InChI=1S/C20H22N2/c1-15(21-2)10-11-16-6-5-8-18(14-16)20-13-12-17-7-3-4-9-19(17)22-20/h3-9,12-15,21H,10-11H2,1-2H3. The second-order valence-electron chi connectivity index (χ2n) is 5.82. The number of aryl methyl sites for hydroxylation is 1. The first-order valence-corrected chi connectivity index (χ1v) is 7.88. The summed E-state index contributed by atoms with van der Waals surface area (Å²) in [7, 11) is 2.01. The van der Waals surface area contributed by atoms with Gasteiger partial charge in [0.15, 0.2) is 0 Å². The van der Waals surface area contributed by atoms with E-state index in [1.54, 1.807) is 0 Å². The van der Waals surface area contributed by atoms with Crippen molar-refractivity contribution in [1.82, 2.24) is 10.3 Å². The van der Waals surface area contributed by atoms with E-state index in [4.69, 9.17) is 4.98 Å². The van der Waals surface area contributed by atoms with Crippen molar-refractivity contribution in [2.75, 3.05) is 7.05 Å². The molecule has 0 saturated heterocycles. The van der Waals surface area contributed by atoms with Gasteiger partial charge in [-0.15, -0.1) is 0 Å². The highest BCUT2D eigenvalue weighted by atomic mass is 14.8. The van der Waals surface area contributed by atoms with Crippen LogP contribution in [0.25, 0.3) is 22.2 Å². The zero-order valence-corrected chi connectivity index (χ0v) is 13.2. The van der Waals surface area contributed by atoms with Crippen molar-refractivity contribution >= 4 is 10.9 Å². The molecule has 1 atom stereocenters. The monoisotopic (exact) mass is 290 g/mol. The van der Waals surface area contributed by atoms with E-state index in [0.717, 1.165) is 24.1 Å². The summed E-state index contributed by atoms with van der Waals surface area (Å²) in [6, 6.07) is 21.8. The molecule has 2 nitrogen and oxygen atoms in total. The highest BCUT2D eigenvalue weighted by Crippen LogP contribution is 2.22. The van der Waals surface area contributed by atoms with E-state index in [-0.39, 0.29) is 0 Å². The lowest BCUT2D eigenvalue weighted by Gasteiger charge is -2.10. The van der Waals surface area contributed by atoms with Gasteiger partial charge in [-0.05, 0) is 50.6 Å². The maximum absolute atomic E-state index is 4.79. The van der Waals surface area contributed by atoms with Crippen LogP contribution >= 0.6 is 0 Å². The minimum Gasteiger partial charge on any atom is -0.317 e. The van der Waals surface area contributed by atoms with Crippen molar-refractivity contribution in [3.8, 4) is 11.3 Å². The minimum atomic E-state index is 0.544. The van der Waals surface area contributed by atoms with Gasteiger partial charge in [0.2, 0.25) is 0 Å². The number of pyridine rings is 1. The predicted octanol–water partition coefficient (Wildman–Crippen LogP) is 4.44. The molecule has 0 aliphatic carbocycles. The largest absolute Gasteiger partial charge is 0.317 e. The van der Waals surface area contributed by atoms with Gasteiger partial charge < -0.3 is 5.32 Å². The van der Waals surface area contributed by atoms with Gasteiger partial charge in [0.05, 0.1) is 11.2 Å². The van der Waals surface area contributed by atoms with E-state index in [1.807, 2.05) is 19.2 Å². The van der Waals surface area contributed by atoms with Crippen LogP contribution < -0.4 is 5.32 Å². The molecule has 1 heterocycles. The van der Waals surface area contributed by atoms with Crippen LogP contribution in [0.2, 0.25) is 0 Å².